The highest BCUT2D eigenvalue weighted by Crippen LogP contribution is 2.38. The minimum Gasteiger partial charge on any atom is -0.382 e. The lowest BCUT2D eigenvalue weighted by Crippen LogP contribution is -2.46. The molecule has 2 saturated heterocycles. The molecule has 9 nitrogen and oxygen atoms in total. The fraction of sp³-hybridized carbons (Fsp3) is 0.692. The molecule has 1 aliphatic carbocycles. The van der Waals surface area contributed by atoms with Crippen molar-refractivity contribution in [1.29, 1.82) is 0 Å². The number of hydrogen-bond acceptors (Lipinski definition) is 6. The number of nitro benzene ring substituents is 1. The lowest BCUT2D eigenvalue weighted by Gasteiger charge is -2.36. The van der Waals surface area contributed by atoms with Gasteiger partial charge in [-0.15, -0.1) is 0 Å². The molecule has 1 N–H and O–H groups in total. The Kier molecular flexibility index (Phi) is 9.11. The summed E-state index contributed by atoms with van der Waals surface area (Å²) in [5.41, 5.74) is -2.12. The highest BCUT2D eigenvalue weighted by atomic mass is 19.4. The van der Waals surface area contributed by atoms with Gasteiger partial charge in [0, 0.05) is 49.9 Å². The fourth-order valence-electron chi connectivity index (χ4n) is 5.65. The molecule has 0 spiro atoms. The molecule has 0 bridgehead atoms. The summed E-state index contributed by atoms with van der Waals surface area (Å²) in [4.78, 5) is 38.9. The zero-order chi connectivity index (χ0) is 27.3. The largest absolute Gasteiger partial charge is 0.423 e. The maximum Gasteiger partial charge on any atom is 0.423 e. The number of rotatable bonds is 7. The smallest absolute Gasteiger partial charge is 0.382 e. The van der Waals surface area contributed by atoms with Gasteiger partial charge in [0.15, 0.2) is 0 Å². The first-order valence-corrected chi connectivity index (χ1v) is 13.4. The van der Waals surface area contributed by atoms with Crippen LogP contribution in [0.5, 0.6) is 0 Å². The van der Waals surface area contributed by atoms with Crippen LogP contribution in [-0.2, 0) is 20.5 Å². The standard InChI is InChI=1S/C26H35F3N4O5/c27-26(28,29)22-16-20(6-7-23(22)33(36)37)30-19-8-12-31(13-9-19)24(34)17-38-21-10-14-32(15-11-21)25(35)18-4-2-1-3-5-18/h6-7,16,18-19,21,30H,1-5,8-15,17H2. The quantitative estimate of drug-likeness (QED) is 0.400. The minimum atomic E-state index is -4.84. The molecule has 2 aliphatic heterocycles. The van der Waals surface area contributed by atoms with Gasteiger partial charge in [-0.25, -0.2) is 0 Å². The number of amides is 2. The molecule has 4 rings (SSSR count). The van der Waals surface area contributed by atoms with E-state index in [1.54, 1.807) is 4.90 Å². The molecule has 38 heavy (non-hydrogen) atoms. The van der Waals surface area contributed by atoms with Crippen LogP contribution in [0.3, 0.4) is 0 Å². The molecular formula is C26H35F3N4O5. The monoisotopic (exact) mass is 540 g/mol. The number of anilines is 1. The van der Waals surface area contributed by atoms with Gasteiger partial charge in [0.05, 0.1) is 11.0 Å². The number of nitrogens with one attached hydrogen (secondary N) is 1. The van der Waals surface area contributed by atoms with Crippen LogP contribution in [0.15, 0.2) is 18.2 Å². The van der Waals surface area contributed by atoms with E-state index >= 15 is 0 Å². The number of halogens is 3. The van der Waals surface area contributed by atoms with E-state index in [1.807, 2.05) is 4.90 Å². The number of likely N-dealkylation sites (tertiary alicyclic amines) is 2. The van der Waals surface area contributed by atoms with Crippen LogP contribution in [0.4, 0.5) is 24.5 Å². The molecule has 1 aromatic carbocycles. The lowest BCUT2D eigenvalue weighted by atomic mass is 9.88. The summed E-state index contributed by atoms with van der Waals surface area (Å²) in [5.74, 6) is 0.297. The maximum absolute atomic E-state index is 13.2. The zero-order valence-electron chi connectivity index (χ0n) is 21.4. The summed E-state index contributed by atoms with van der Waals surface area (Å²) in [6, 6.07) is 2.73. The third-order valence-corrected chi connectivity index (χ3v) is 7.87. The van der Waals surface area contributed by atoms with Crippen LogP contribution in [0.1, 0.15) is 63.4 Å². The summed E-state index contributed by atoms with van der Waals surface area (Å²) < 4.78 is 45.6. The third kappa shape index (κ3) is 7.15. The predicted octanol–water partition coefficient (Wildman–Crippen LogP) is 4.60. The molecule has 2 amide bonds. The Labute approximate surface area is 219 Å². The van der Waals surface area contributed by atoms with Crippen molar-refractivity contribution >= 4 is 23.2 Å². The zero-order valence-corrected chi connectivity index (χ0v) is 21.4. The second kappa shape index (κ2) is 12.3. The summed E-state index contributed by atoms with van der Waals surface area (Å²) in [7, 11) is 0. The number of alkyl halides is 3. The van der Waals surface area contributed by atoms with Gasteiger partial charge in [0.2, 0.25) is 11.8 Å². The Bertz CT molecular complexity index is 999. The van der Waals surface area contributed by atoms with Crippen LogP contribution in [-0.4, -0.2) is 71.5 Å². The first kappa shape index (κ1) is 28.1. The molecule has 1 saturated carbocycles. The van der Waals surface area contributed by atoms with Crippen molar-refractivity contribution in [2.75, 3.05) is 38.1 Å². The van der Waals surface area contributed by atoms with E-state index < -0.39 is 22.4 Å². The van der Waals surface area contributed by atoms with E-state index in [0.29, 0.717) is 51.9 Å². The van der Waals surface area contributed by atoms with Crippen molar-refractivity contribution < 1.29 is 32.4 Å². The molecule has 3 fully saturated rings. The Hall–Kier alpha value is -2.89. The summed E-state index contributed by atoms with van der Waals surface area (Å²) in [5, 5.41) is 14.0. The number of carbonyl (C=O) groups is 2. The maximum atomic E-state index is 13.2. The molecule has 1 aromatic rings. The minimum absolute atomic E-state index is 0.0311. The van der Waals surface area contributed by atoms with Gasteiger partial charge in [0.1, 0.15) is 12.2 Å². The molecule has 12 heteroatoms. The van der Waals surface area contributed by atoms with E-state index in [2.05, 4.69) is 5.32 Å². The first-order valence-electron chi connectivity index (χ1n) is 13.4. The van der Waals surface area contributed by atoms with Crippen molar-refractivity contribution in [3.8, 4) is 0 Å². The SMILES string of the molecule is O=C(COC1CCN(C(=O)C2CCCCC2)CC1)N1CCC(Nc2ccc([N+](=O)[O-])c(C(F)(F)F)c2)CC1. The van der Waals surface area contributed by atoms with Gasteiger partial charge in [0.25, 0.3) is 5.69 Å². The Morgan fingerprint density at radius 2 is 1.61 bits per heavy atom. The van der Waals surface area contributed by atoms with Crippen molar-refractivity contribution in [2.45, 2.75) is 76.1 Å². The highest BCUT2D eigenvalue weighted by molar-refractivity contribution is 5.79. The Balaban J connectivity index is 1.18. The van der Waals surface area contributed by atoms with Crippen molar-refractivity contribution in [2.24, 2.45) is 5.92 Å². The Morgan fingerprint density at radius 1 is 0.974 bits per heavy atom. The third-order valence-electron chi connectivity index (χ3n) is 7.87. The van der Waals surface area contributed by atoms with Gasteiger partial charge in [-0.05, 0) is 50.7 Å². The molecule has 210 valence electrons. The van der Waals surface area contributed by atoms with Crippen molar-refractivity contribution in [3.05, 3.63) is 33.9 Å². The fourth-order valence-corrected chi connectivity index (χ4v) is 5.65. The normalized spacial score (nSPS) is 20.4. The average Bonchev–Trinajstić information content (AvgIpc) is 2.92. The van der Waals surface area contributed by atoms with Gasteiger partial charge >= 0.3 is 6.18 Å². The molecule has 0 aromatic heterocycles. The average molecular weight is 541 g/mol. The summed E-state index contributed by atoms with van der Waals surface area (Å²) in [6.07, 6.45) is 3.04. The van der Waals surface area contributed by atoms with Crippen molar-refractivity contribution in [1.82, 2.24) is 9.80 Å². The van der Waals surface area contributed by atoms with Gasteiger partial charge in [-0.3, -0.25) is 19.7 Å². The molecular weight excluding hydrogens is 505 g/mol. The van der Waals surface area contributed by atoms with Crippen molar-refractivity contribution in [3.63, 3.8) is 0 Å². The van der Waals surface area contributed by atoms with Gasteiger partial charge in [-0.1, -0.05) is 19.3 Å². The Morgan fingerprint density at radius 3 is 2.21 bits per heavy atom. The number of hydrogen-bond donors (Lipinski definition) is 1. The van der Waals surface area contributed by atoms with Gasteiger partial charge < -0.3 is 19.9 Å². The molecule has 0 atom stereocenters. The number of ether oxygens (including phenoxy) is 1. The first-order chi connectivity index (χ1) is 18.1. The second-order valence-electron chi connectivity index (χ2n) is 10.5. The number of nitro groups is 1. The number of piperidine rings is 2. The van der Waals surface area contributed by atoms with Crippen LogP contribution in [0.2, 0.25) is 0 Å². The highest BCUT2D eigenvalue weighted by Gasteiger charge is 2.38. The van der Waals surface area contributed by atoms with E-state index in [4.69, 9.17) is 4.74 Å². The van der Waals surface area contributed by atoms with Gasteiger partial charge in [-0.2, -0.15) is 13.2 Å². The van der Waals surface area contributed by atoms with Crippen LogP contribution in [0.25, 0.3) is 0 Å². The van der Waals surface area contributed by atoms with E-state index in [-0.39, 0.29) is 42.2 Å². The van der Waals surface area contributed by atoms with Crippen LogP contribution in [0, 0.1) is 16.0 Å². The second-order valence-corrected chi connectivity index (χ2v) is 10.5. The topological polar surface area (TPSA) is 105 Å². The summed E-state index contributed by atoms with van der Waals surface area (Å²) >= 11 is 0. The van der Waals surface area contributed by atoms with E-state index in [1.165, 1.54) is 12.5 Å². The molecule has 3 aliphatic rings. The lowest BCUT2D eigenvalue weighted by molar-refractivity contribution is -0.388. The molecule has 0 unspecified atom stereocenters. The summed E-state index contributed by atoms with van der Waals surface area (Å²) in [6.45, 7) is 2.16. The number of nitrogens with zero attached hydrogens (tertiary/aromatic N) is 3. The molecule has 0 radical (unpaired) electrons. The predicted molar refractivity (Wildman–Crippen MR) is 133 cm³/mol. The van der Waals surface area contributed by atoms with E-state index in [9.17, 15) is 32.9 Å². The van der Waals surface area contributed by atoms with E-state index in [0.717, 1.165) is 37.8 Å². The number of benzene rings is 1. The molecule has 2 heterocycles. The van der Waals surface area contributed by atoms with Crippen LogP contribution >= 0.6 is 0 Å². The number of carbonyl (C=O) groups excluding carboxylic acids is 2. The van der Waals surface area contributed by atoms with Crippen LogP contribution < -0.4 is 5.32 Å².